The molecule has 1 heterocycles. The Morgan fingerprint density at radius 1 is 1.40 bits per heavy atom. The molecule has 108 valence electrons. The number of nitrogens with zero attached hydrogens (tertiary/aromatic N) is 2. The summed E-state index contributed by atoms with van der Waals surface area (Å²) in [6.45, 7) is 4.72. The predicted octanol–water partition coefficient (Wildman–Crippen LogP) is 4.52. The molecule has 0 unspecified atom stereocenters. The van der Waals surface area contributed by atoms with Crippen molar-refractivity contribution in [2.24, 2.45) is 0 Å². The highest BCUT2D eigenvalue weighted by atomic mass is 79.9. The van der Waals surface area contributed by atoms with Gasteiger partial charge in [0.25, 0.3) is 0 Å². The van der Waals surface area contributed by atoms with Gasteiger partial charge in [-0.05, 0) is 35.8 Å². The van der Waals surface area contributed by atoms with Gasteiger partial charge in [-0.3, -0.25) is 4.68 Å². The van der Waals surface area contributed by atoms with Gasteiger partial charge in [-0.1, -0.05) is 11.6 Å². The van der Waals surface area contributed by atoms with Crippen molar-refractivity contribution in [3.63, 3.8) is 0 Å². The van der Waals surface area contributed by atoms with E-state index in [2.05, 4.69) is 26.3 Å². The van der Waals surface area contributed by atoms with Gasteiger partial charge in [0, 0.05) is 17.1 Å². The summed E-state index contributed by atoms with van der Waals surface area (Å²) in [6.07, 6.45) is 0. The smallest absolute Gasteiger partial charge is 0.150 e. The molecule has 20 heavy (non-hydrogen) atoms. The topological polar surface area (TPSA) is 29.9 Å². The van der Waals surface area contributed by atoms with Crippen molar-refractivity contribution < 1.29 is 8.78 Å². The second kappa shape index (κ2) is 6.10. The van der Waals surface area contributed by atoms with Gasteiger partial charge in [0.1, 0.15) is 11.6 Å². The maximum absolute atomic E-state index is 13.7. The van der Waals surface area contributed by atoms with Gasteiger partial charge in [0.05, 0.1) is 28.6 Å². The van der Waals surface area contributed by atoms with Crippen molar-refractivity contribution in [1.82, 2.24) is 9.78 Å². The van der Waals surface area contributed by atoms with Gasteiger partial charge in [0.2, 0.25) is 0 Å². The van der Waals surface area contributed by atoms with E-state index in [-0.39, 0.29) is 5.69 Å². The molecule has 1 aromatic heterocycles. The lowest BCUT2D eigenvalue weighted by atomic mass is 10.2. The minimum absolute atomic E-state index is 0.198. The molecule has 1 aromatic carbocycles. The van der Waals surface area contributed by atoms with Crippen LogP contribution in [0, 0.1) is 18.6 Å². The first kappa shape index (κ1) is 15.3. The van der Waals surface area contributed by atoms with E-state index < -0.39 is 11.6 Å². The van der Waals surface area contributed by atoms with E-state index in [1.807, 2.05) is 13.8 Å². The van der Waals surface area contributed by atoms with Gasteiger partial charge >= 0.3 is 0 Å². The van der Waals surface area contributed by atoms with Gasteiger partial charge in [0.15, 0.2) is 0 Å². The molecule has 0 aliphatic heterocycles. The number of aromatic nitrogens is 2. The number of benzene rings is 1. The Morgan fingerprint density at radius 2 is 2.10 bits per heavy atom. The number of anilines is 1. The zero-order chi connectivity index (χ0) is 14.9. The second-order valence-corrected chi connectivity index (χ2v) is 5.49. The molecule has 2 aromatic rings. The van der Waals surface area contributed by atoms with Crippen LogP contribution in [0.4, 0.5) is 14.5 Å². The molecule has 1 N–H and O–H groups in total. The Morgan fingerprint density at radius 3 is 2.70 bits per heavy atom. The van der Waals surface area contributed by atoms with E-state index in [1.165, 1.54) is 6.07 Å². The Bertz CT molecular complexity index is 620. The summed E-state index contributed by atoms with van der Waals surface area (Å²) in [5.41, 5.74) is 1.69. The summed E-state index contributed by atoms with van der Waals surface area (Å²) < 4.78 is 28.8. The molecule has 0 saturated heterocycles. The lowest BCUT2D eigenvalue weighted by molar-refractivity contribution is 0.582. The number of hydrogen-bond acceptors (Lipinski definition) is 2. The van der Waals surface area contributed by atoms with E-state index in [0.29, 0.717) is 22.6 Å². The molecule has 0 aliphatic rings. The molecule has 2 rings (SSSR count). The summed E-state index contributed by atoms with van der Waals surface area (Å²) in [5.74, 6) is -1.29. The summed E-state index contributed by atoms with van der Waals surface area (Å²) in [4.78, 5) is 0. The molecule has 0 bridgehead atoms. The number of rotatable bonds is 4. The number of halogens is 4. The van der Waals surface area contributed by atoms with Crippen LogP contribution >= 0.6 is 27.5 Å². The minimum atomic E-state index is -0.660. The van der Waals surface area contributed by atoms with Gasteiger partial charge in [-0.25, -0.2) is 8.78 Å². The Kier molecular flexibility index (Phi) is 4.65. The number of nitrogens with one attached hydrogen (secondary N) is 1. The standard InChI is InChI=1S/C13H13BrClF2N3/c1-3-20-11(12(15)7(2)19-20)6-18-13-9(14)4-8(16)5-10(13)17/h4-5,18H,3,6H2,1-2H3. The largest absolute Gasteiger partial charge is 0.376 e. The monoisotopic (exact) mass is 363 g/mol. The quantitative estimate of drug-likeness (QED) is 0.864. The number of hydrogen-bond donors (Lipinski definition) is 1. The van der Waals surface area contributed by atoms with Crippen LogP contribution < -0.4 is 5.32 Å². The van der Waals surface area contributed by atoms with Crippen LogP contribution in [0.15, 0.2) is 16.6 Å². The first-order chi connectivity index (χ1) is 9.43. The normalized spacial score (nSPS) is 10.9. The van der Waals surface area contributed by atoms with Crippen molar-refractivity contribution in [2.45, 2.75) is 26.9 Å². The summed E-state index contributed by atoms with van der Waals surface area (Å²) in [5, 5.41) is 7.75. The molecule has 0 amide bonds. The maximum atomic E-state index is 13.7. The molecular formula is C13H13BrClF2N3. The van der Waals surface area contributed by atoms with Crippen LogP contribution in [0.25, 0.3) is 0 Å². The lowest BCUT2D eigenvalue weighted by Gasteiger charge is -2.11. The molecule has 0 spiro atoms. The van der Waals surface area contributed by atoms with Gasteiger partial charge in [-0.2, -0.15) is 5.10 Å². The third-order valence-corrected chi connectivity index (χ3v) is 4.01. The predicted molar refractivity (Wildman–Crippen MR) is 79.0 cm³/mol. The lowest BCUT2D eigenvalue weighted by Crippen LogP contribution is -2.09. The average Bonchev–Trinajstić information content (AvgIpc) is 2.64. The van der Waals surface area contributed by atoms with Crippen LogP contribution in [-0.4, -0.2) is 9.78 Å². The number of aryl methyl sites for hydroxylation is 2. The Hall–Kier alpha value is -1.14. The molecule has 0 fully saturated rings. The average molecular weight is 365 g/mol. The van der Waals surface area contributed by atoms with Crippen molar-refractivity contribution in [3.8, 4) is 0 Å². The fourth-order valence-electron chi connectivity index (χ4n) is 1.92. The fraction of sp³-hybridized carbons (Fsp3) is 0.308. The van der Waals surface area contributed by atoms with Crippen molar-refractivity contribution in [2.75, 3.05) is 5.32 Å². The van der Waals surface area contributed by atoms with Gasteiger partial charge < -0.3 is 5.32 Å². The molecular weight excluding hydrogens is 352 g/mol. The molecule has 3 nitrogen and oxygen atoms in total. The zero-order valence-electron chi connectivity index (χ0n) is 11.0. The zero-order valence-corrected chi connectivity index (χ0v) is 13.3. The third kappa shape index (κ3) is 2.96. The highest BCUT2D eigenvalue weighted by Crippen LogP contribution is 2.28. The summed E-state index contributed by atoms with van der Waals surface area (Å²) in [7, 11) is 0. The van der Waals surface area contributed by atoms with E-state index in [9.17, 15) is 8.78 Å². The van der Waals surface area contributed by atoms with E-state index in [0.717, 1.165) is 17.5 Å². The maximum Gasteiger partial charge on any atom is 0.150 e. The van der Waals surface area contributed by atoms with Gasteiger partial charge in [-0.15, -0.1) is 0 Å². The SMILES string of the molecule is CCn1nc(C)c(Cl)c1CNc1c(F)cc(F)cc1Br. The first-order valence-electron chi connectivity index (χ1n) is 6.04. The minimum Gasteiger partial charge on any atom is -0.376 e. The van der Waals surface area contributed by atoms with Crippen LogP contribution in [-0.2, 0) is 13.1 Å². The summed E-state index contributed by atoms with van der Waals surface area (Å²) >= 11 is 9.31. The molecule has 0 atom stereocenters. The molecule has 7 heteroatoms. The van der Waals surface area contributed by atoms with Crippen molar-refractivity contribution >= 4 is 33.2 Å². The Balaban J connectivity index is 2.26. The van der Waals surface area contributed by atoms with E-state index in [4.69, 9.17) is 11.6 Å². The molecule has 0 saturated carbocycles. The van der Waals surface area contributed by atoms with E-state index in [1.54, 1.807) is 4.68 Å². The van der Waals surface area contributed by atoms with Crippen LogP contribution in [0.1, 0.15) is 18.3 Å². The van der Waals surface area contributed by atoms with Crippen molar-refractivity contribution in [3.05, 3.63) is 44.7 Å². The Labute approximate surface area is 129 Å². The first-order valence-corrected chi connectivity index (χ1v) is 7.21. The highest BCUT2D eigenvalue weighted by molar-refractivity contribution is 9.10. The van der Waals surface area contributed by atoms with E-state index >= 15 is 0 Å². The van der Waals surface area contributed by atoms with Crippen LogP contribution in [0.5, 0.6) is 0 Å². The summed E-state index contributed by atoms with van der Waals surface area (Å²) in [6, 6.07) is 2.03. The van der Waals surface area contributed by atoms with Crippen LogP contribution in [0.2, 0.25) is 5.02 Å². The second-order valence-electron chi connectivity index (χ2n) is 4.26. The third-order valence-electron chi connectivity index (χ3n) is 2.89. The highest BCUT2D eigenvalue weighted by Gasteiger charge is 2.14. The fourth-order valence-corrected chi connectivity index (χ4v) is 2.67. The van der Waals surface area contributed by atoms with Crippen LogP contribution in [0.3, 0.4) is 0 Å². The molecule has 0 aliphatic carbocycles. The van der Waals surface area contributed by atoms with Crippen molar-refractivity contribution in [1.29, 1.82) is 0 Å². The molecule has 0 radical (unpaired) electrons.